The van der Waals surface area contributed by atoms with Gasteiger partial charge in [-0.2, -0.15) is 0 Å². The minimum atomic E-state index is -0.0798. The second-order valence-corrected chi connectivity index (χ2v) is 4.44. The van der Waals surface area contributed by atoms with E-state index in [0.29, 0.717) is 18.7 Å². The Balaban J connectivity index is 2.90. The average Bonchev–Trinajstić information content (AvgIpc) is 2.28. The van der Waals surface area contributed by atoms with Crippen LogP contribution in [0.15, 0.2) is 18.2 Å². The highest BCUT2D eigenvalue weighted by Gasteiger charge is 2.14. The van der Waals surface area contributed by atoms with E-state index < -0.39 is 0 Å². The summed E-state index contributed by atoms with van der Waals surface area (Å²) in [4.78, 5) is 13.7. The van der Waals surface area contributed by atoms with E-state index in [1.165, 1.54) is 12.1 Å². The van der Waals surface area contributed by atoms with Crippen molar-refractivity contribution in [3.63, 3.8) is 0 Å². The minimum absolute atomic E-state index is 0.0123. The fourth-order valence-corrected chi connectivity index (χ4v) is 1.94. The first-order valence-corrected chi connectivity index (χ1v) is 6.43. The van der Waals surface area contributed by atoms with E-state index in [2.05, 4.69) is 15.9 Å². The van der Waals surface area contributed by atoms with E-state index in [1.54, 1.807) is 11.0 Å². The molecule has 1 amide bonds. The van der Waals surface area contributed by atoms with Gasteiger partial charge >= 0.3 is 0 Å². The molecule has 0 fully saturated rings. The lowest BCUT2D eigenvalue weighted by molar-refractivity contribution is 0.0775. The van der Waals surface area contributed by atoms with Crippen LogP contribution in [0.1, 0.15) is 17.3 Å². The highest BCUT2D eigenvalue weighted by molar-refractivity contribution is 9.09. The molecule has 16 heavy (non-hydrogen) atoms. The third-order valence-corrected chi connectivity index (χ3v) is 2.88. The molecule has 1 aromatic carbocycles. The molecule has 0 bridgehead atoms. The molecule has 0 aliphatic carbocycles. The van der Waals surface area contributed by atoms with Crippen LogP contribution in [0.25, 0.3) is 0 Å². The topological polar surface area (TPSA) is 40.5 Å². The minimum Gasteiger partial charge on any atom is -0.506 e. The zero-order valence-electron chi connectivity index (χ0n) is 8.91. The number of hydrogen-bond acceptors (Lipinski definition) is 2. The third kappa shape index (κ3) is 3.12. The molecule has 1 rings (SSSR count). The SMILES string of the molecule is CCN(CCBr)C(=O)c1ccc(O)c(Cl)c1. The van der Waals surface area contributed by atoms with Crippen LogP contribution in [0, 0.1) is 0 Å². The molecule has 0 saturated heterocycles. The number of carbonyl (C=O) groups is 1. The number of benzene rings is 1. The number of aromatic hydroxyl groups is 1. The molecule has 3 nitrogen and oxygen atoms in total. The van der Waals surface area contributed by atoms with Gasteiger partial charge in [-0.05, 0) is 25.1 Å². The monoisotopic (exact) mass is 305 g/mol. The molecule has 0 aromatic heterocycles. The third-order valence-electron chi connectivity index (χ3n) is 2.22. The van der Waals surface area contributed by atoms with Gasteiger partial charge < -0.3 is 10.0 Å². The molecule has 0 unspecified atom stereocenters. The predicted molar refractivity (Wildman–Crippen MR) is 68.5 cm³/mol. The fourth-order valence-electron chi connectivity index (χ4n) is 1.33. The van der Waals surface area contributed by atoms with E-state index in [-0.39, 0.29) is 16.7 Å². The molecular weight excluding hydrogens is 293 g/mol. The van der Waals surface area contributed by atoms with Crippen molar-refractivity contribution in [2.24, 2.45) is 0 Å². The van der Waals surface area contributed by atoms with Crippen LogP contribution in [0.3, 0.4) is 0 Å². The number of rotatable bonds is 4. The lowest BCUT2D eigenvalue weighted by atomic mass is 10.2. The maximum Gasteiger partial charge on any atom is 0.253 e. The Morgan fingerprint density at radius 2 is 2.25 bits per heavy atom. The summed E-state index contributed by atoms with van der Waals surface area (Å²) in [5.74, 6) is -0.0920. The fraction of sp³-hybridized carbons (Fsp3) is 0.364. The smallest absolute Gasteiger partial charge is 0.253 e. The van der Waals surface area contributed by atoms with E-state index in [1.807, 2.05) is 6.92 Å². The van der Waals surface area contributed by atoms with Crippen LogP contribution in [0.2, 0.25) is 5.02 Å². The van der Waals surface area contributed by atoms with Crippen molar-refractivity contribution in [1.82, 2.24) is 4.90 Å². The van der Waals surface area contributed by atoms with Crippen molar-refractivity contribution in [2.45, 2.75) is 6.92 Å². The molecule has 1 N–H and O–H groups in total. The van der Waals surface area contributed by atoms with Crippen LogP contribution in [0.4, 0.5) is 0 Å². The molecule has 0 heterocycles. The second kappa shape index (κ2) is 6.11. The van der Waals surface area contributed by atoms with E-state index in [4.69, 9.17) is 11.6 Å². The summed E-state index contributed by atoms with van der Waals surface area (Å²) in [7, 11) is 0. The Labute approximate surface area is 108 Å². The van der Waals surface area contributed by atoms with Gasteiger partial charge in [0.2, 0.25) is 0 Å². The van der Waals surface area contributed by atoms with Gasteiger partial charge in [0.15, 0.2) is 0 Å². The Bertz CT molecular complexity index is 384. The highest BCUT2D eigenvalue weighted by atomic mass is 79.9. The summed E-state index contributed by atoms with van der Waals surface area (Å²) in [6.07, 6.45) is 0. The lowest BCUT2D eigenvalue weighted by Gasteiger charge is -2.19. The van der Waals surface area contributed by atoms with Crippen molar-refractivity contribution in [3.8, 4) is 5.75 Å². The van der Waals surface area contributed by atoms with E-state index >= 15 is 0 Å². The van der Waals surface area contributed by atoms with Crippen LogP contribution in [-0.2, 0) is 0 Å². The first-order valence-electron chi connectivity index (χ1n) is 4.94. The number of halogens is 2. The Hall–Kier alpha value is -0.740. The van der Waals surface area contributed by atoms with Crippen LogP contribution in [0.5, 0.6) is 5.75 Å². The lowest BCUT2D eigenvalue weighted by Crippen LogP contribution is -2.32. The zero-order chi connectivity index (χ0) is 12.1. The summed E-state index contributed by atoms with van der Waals surface area (Å²) in [6.45, 7) is 3.21. The van der Waals surface area contributed by atoms with E-state index in [0.717, 1.165) is 5.33 Å². The molecule has 0 saturated carbocycles. The van der Waals surface area contributed by atoms with Gasteiger partial charge in [-0.15, -0.1) is 0 Å². The first kappa shape index (κ1) is 13.3. The Morgan fingerprint density at radius 1 is 1.56 bits per heavy atom. The van der Waals surface area contributed by atoms with Gasteiger partial charge in [-0.25, -0.2) is 0 Å². The van der Waals surface area contributed by atoms with Crippen molar-refractivity contribution in [1.29, 1.82) is 0 Å². The van der Waals surface area contributed by atoms with Crippen LogP contribution >= 0.6 is 27.5 Å². The summed E-state index contributed by atoms with van der Waals surface area (Å²) < 4.78 is 0. The molecule has 88 valence electrons. The van der Waals surface area contributed by atoms with Crippen LogP contribution < -0.4 is 0 Å². The highest BCUT2D eigenvalue weighted by Crippen LogP contribution is 2.24. The van der Waals surface area contributed by atoms with Gasteiger partial charge in [0.25, 0.3) is 5.91 Å². The van der Waals surface area contributed by atoms with Crippen LogP contribution in [-0.4, -0.2) is 34.3 Å². The molecule has 5 heteroatoms. The number of phenolic OH excluding ortho intramolecular Hbond substituents is 1. The molecule has 0 spiro atoms. The van der Waals surface area contributed by atoms with Gasteiger partial charge in [0.05, 0.1) is 5.02 Å². The van der Waals surface area contributed by atoms with Crippen molar-refractivity contribution < 1.29 is 9.90 Å². The molecule has 1 aromatic rings. The quantitative estimate of drug-likeness (QED) is 0.869. The normalized spacial score (nSPS) is 10.2. The number of phenols is 1. The number of nitrogens with zero attached hydrogens (tertiary/aromatic N) is 1. The van der Waals surface area contributed by atoms with Gasteiger partial charge in [-0.1, -0.05) is 27.5 Å². The second-order valence-electron chi connectivity index (χ2n) is 3.24. The number of hydrogen-bond donors (Lipinski definition) is 1. The molecule has 0 atom stereocenters. The maximum atomic E-state index is 12.0. The zero-order valence-corrected chi connectivity index (χ0v) is 11.3. The Morgan fingerprint density at radius 3 is 2.75 bits per heavy atom. The summed E-state index contributed by atoms with van der Waals surface area (Å²) >= 11 is 9.05. The molecule has 0 aliphatic heterocycles. The molecule has 0 radical (unpaired) electrons. The average molecular weight is 307 g/mol. The molecule has 0 aliphatic rings. The number of alkyl halides is 1. The van der Waals surface area contributed by atoms with Gasteiger partial charge in [0, 0.05) is 24.0 Å². The predicted octanol–water partition coefficient (Wildman–Crippen LogP) is 2.90. The maximum absolute atomic E-state index is 12.0. The largest absolute Gasteiger partial charge is 0.506 e. The van der Waals surface area contributed by atoms with Crippen molar-refractivity contribution in [2.75, 3.05) is 18.4 Å². The standard InChI is InChI=1S/C11H13BrClNO2/c1-2-14(6-5-12)11(16)8-3-4-10(15)9(13)7-8/h3-4,7,15H,2,5-6H2,1H3. The van der Waals surface area contributed by atoms with Gasteiger partial charge in [-0.3, -0.25) is 4.79 Å². The van der Waals surface area contributed by atoms with E-state index in [9.17, 15) is 9.90 Å². The summed E-state index contributed by atoms with van der Waals surface area (Å²) in [5, 5.41) is 10.2. The number of carbonyl (C=O) groups excluding carboxylic acids is 1. The van der Waals surface area contributed by atoms with Crippen molar-refractivity contribution >= 4 is 33.4 Å². The first-order chi connectivity index (χ1) is 7.60. The Kier molecular flexibility index (Phi) is 5.09. The summed E-state index contributed by atoms with van der Waals surface area (Å²) in [6, 6.07) is 4.48. The summed E-state index contributed by atoms with van der Waals surface area (Å²) in [5.41, 5.74) is 0.491. The van der Waals surface area contributed by atoms with Crippen molar-refractivity contribution in [3.05, 3.63) is 28.8 Å². The molecular formula is C11H13BrClNO2. The van der Waals surface area contributed by atoms with Gasteiger partial charge in [0.1, 0.15) is 5.75 Å². The number of amides is 1.